The van der Waals surface area contributed by atoms with Crippen molar-refractivity contribution in [3.8, 4) is 0 Å². The number of carbonyl (C=O) groups excluding carboxylic acids is 1. The number of thiazole rings is 1. The Bertz CT molecular complexity index is 701. The second kappa shape index (κ2) is 7.25. The Kier molecular flexibility index (Phi) is 5.08. The van der Waals surface area contributed by atoms with E-state index in [9.17, 15) is 4.79 Å². The minimum atomic E-state index is 0.00134. The van der Waals surface area contributed by atoms with E-state index < -0.39 is 0 Å². The fraction of sp³-hybridized carbons (Fsp3) is 0.529. The highest BCUT2D eigenvalue weighted by atomic mass is 32.1. The molecule has 7 heteroatoms. The highest BCUT2D eigenvalue weighted by Crippen LogP contribution is 2.32. The number of hydrogen-bond donors (Lipinski definition) is 1. The Hall–Kier alpha value is -2.02. The molecule has 0 unspecified atom stereocenters. The molecule has 128 valence electrons. The van der Waals surface area contributed by atoms with E-state index in [4.69, 9.17) is 0 Å². The number of nitrogens with one attached hydrogen (secondary N) is 1. The van der Waals surface area contributed by atoms with Gasteiger partial charge in [-0.3, -0.25) is 4.79 Å². The minimum absolute atomic E-state index is 0.00134. The van der Waals surface area contributed by atoms with Gasteiger partial charge in [0.2, 0.25) is 5.91 Å². The summed E-state index contributed by atoms with van der Waals surface area (Å²) in [4.78, 5) is 27.9. The van der Waals surface area contributed by atoms with Gasteiger partial charge >= 0.3 is 0 Å². The lowest BCUT2D eigenvalue weighted by atomic mass is 9.97. The van der Waals surface area contributed by atoms with Gasteiger partial charge in [-0.1, -0.05) is 13.8 Å². The Labute approximate surface area is 146 Å². The van der Waals surface area contributed by atoms with Gasteiger partial charge in [0.1, 0.15) is 11.6 Å². The highest BCUT2D eigenvalue weighted by molar-refractivity contribution is 7.13. The molecule has 24 heavy (non-hydrogen) atoms. The molecule has 0 aliphatic carbocycles. The maximum absolute atomic E-state index is 12.6. The third-order valence-corrected chi connectivity index (χ3v) is 4.83. The molecule has 1 amide bonds. The van der Waals surface area contributed by atoms with Crippen molar-refractivity contribution in [2.24, 2.45) is 5.92 Å². The Morgan fingerprint density at radius 3 is 2.92 bits per heavy atom. The van der Waals surface area contributed by atoms with E-state index in [1.807, 2.05) is 37.1 Å². The van der Waals surface area contributed by atoms with Gasteiger partial charge in [0, 0.05) is 30.1 Å². The molecule has 0 spiro atoms. The summed E-state index contributed by atoms with van der Waals surface area (Å²) in [5.74, 6) is 1.64. The molecular formula is C17H23N5OS. The molecule has 0 bridgehead atoms. The van der Waals surface area contributed by atoms with Gasteiger partial charge < -0.3 is 10.2 Å². The average Bonchev–Trinajstić information content (AvgIpc) is 3.06. The topological polar surface area (TPSA) is 71.0 Å². The number of aromatic nitrogens is 3. The molecule has 3 rings (SSSR count). The summed E-state index contributed by atoms with van der Waals surface area (Å²) in [5.41, 5.74) is 0.912. The van der Waals surface area contributed by atoms with Crippen molar-refractivity contribution in [2.45, 2.75) is 46.1 Å². The molecule has 1 atom stereocenters. The van der Waals surface area contributed by atoms with Crippen molar-refractivity contribution < 1.29 is 4.79 Å². The number of rotatable bonds is 4. The van der Waals surface area contributed by atoms with Crippen molar-refractivity contribution in [3.63, 3.8) is 0 Å². The molecule has 1 fully saturated rings. The first kappa shape index (κ1) is 16.8. The van der Waals surface area contributed by atoms with E-state index in [1.54, 1.807) is 6.20 Å². The first-order valence-electron chi connectivity index (χ1n) is 8.37. The quantitative estimate of drug-likeness (QED) is 0.915. The van der Waals surface area contributed by atoms with Crippen LogP contribution in [-0.4, -0.2) is 32.3 Å². The second-order valence-electron chi connectivity index (χ2n) is 6.39. The Balaban J connectivity index is 1.88. The number of carbonyl (C=O) groups is 1. The number of nitrogens with zero attached hydrogens (tertiary/aromatic N) is 4. The first-order chi connectivity index (χ1) is 11.5. The molecule has 0 aromatic carbocycles. The zero-order chi connectivity index (χ0) is 17.1. The van der Waals surface area contributed by atoms with Crippen LogP contribution < -0.4 is 5.32 Å². The van der Waals surface area contributed by atoms with E-state index in [0.717, 1.165) is 42.5 Å². The number of amides is 1. The van der Waals surface area contributed by atoms with Crippen LogP contribution in [0, 0.1) is 12.8 Å². The molecule has 2 aromatic heterocycles. The summed E-state index contributed by atoms with van der Waals surface area (Å²) in [6.07, 6.45) is 4.88. The van der Waals surface area contributed by atoms with Gasteiger partial charge in [0.25, 0.3) is 0 Å². The smallest absolute Gasteiger partial charge is 0.225 e. The van der Waals surface area contributed by atoms with Crippen molar-refractivity contribution in [1.29, 1.82) is 0 Å². The van der Waals surface area contributed by atoms with Gasteiger partial charge in [0.15, 0.2) is 5.13 Å². The van der Waals surface area contributed by atoms with E-state index in [1.165, 1.54) is 11.3 Å². The van der Waals surface area contributed by atoms with Gasteiger partial charge in [-0.2, -0.15) is 0 Å². The number of hydrogen-bond acceptors (Lipinski definition) is 6. The third kappa shape index (κ3) is 3.72. The summed E-state index contributed by atoms with van der Waals surface area (Å²) in [6.45, 7) is 6.59. The van der Waals surface area contributed by atoms with Crippen LogP contribution in [0.4, 0.5) is 10.9 Å². The number of likely N-dealkylation sites (tertiary alicyclic amines) is 1. The molecule has 0 radical (unpaired) electrons. The van der Waals surface area contributed by atoms with Crippen molar-refractivity contribution >= 4 is 28.2 Å². The van der Waals surface area contributed by atoms with E-state index >= 15 is 0 Å². The summed E-state index contributed by atoms with van der Waals surface area (Å²) in [7, 11) is 0. The molecular weight excluding hydrogens is 322 g/mol. The lowest BCUT2D eigenvalue weighted by Gasteiger charge is -2.36. The van der Waals surface area contributed by atoms with Crippen molar-refractivity contribution in [3.05, 3.63) is 29.2 Å². The van der Waals surface area contributed by atoms with Crippen LogP contribution in [0.1, 0.15) is 50.7 Å². The Morgan fingerprint density at radius 2 is 2.21 bits per heavy atom. The van der Waals surface area contributed by atoms with Gasteiger partial charge in [-0.05, 0) is 26.2 Å². The monoisotopic (exact) mass is 345 g/mol. The van der Waals surface area contributed by atoms with Crippen LogP contribution in [0.3, 0.4) is 0 Å². The summed E-state index contributed by atoms with van der Waals surface area (Å²) >= 11 is 1.53. The number of anilines is 2. The van der Waals surface area contributed by atoms with Gasteiger partial charge in [0.05, 0.1) is 11.7 Å². The SMILES string of the molecule is Cc1nc(Nc2nccs2)cc([C@H]2CCCCN2C(=O)C(C)C)n1. The molecule has 6 nitrogen and oxygen atoms in total. The van der Waals surface area contributed by atoms with Crippen molar-refractivity contribution in [2.75, 3.05) is 11.9 Å². The summed E-state index contributed by atoms with van der Waals surface area (Å²) in [5, 5.41) is 5.95. The number of aryl methyl sites for hydroxylation is 1. The van der Waals surface area contributed by atoms with Crippen LogP contribution in [-0.2, 0) is 4.79 Å². The fourth-order valence-corrected chi connectivity index (χ4v) is 3.59. The summed E-state index contributed by atoms with van der Waals surface area (Å²) < 4.78 is 0. The zero-order valence-electron chi connectivity index (χ0n) is 14.3. The standard InChI is InChI=1S/C17H23N5OS/c1-11(2)16(23)22-8-5-4-6-14(22)13-10-15(20-12(3)19-13)21-17-18-7-9-24-17/h7,9-11,14H,4-6,8H2,1-3H3,(H,18,19,20,21)/t14-/m1/s1. The van der Waals surface area contributed by atoms with E-state index in [-0.39, 0.29) is 17.9 Å². The normalized spacial score (nSPS) is 18.0. The average molecular weight is 345 g/mol. The predicted molar refractivity (Wildman–Crippen MR) is 95.3 cm³/mol. The molecule has 0 saturated carbocycles. The van der Waals surface area contributed by atoms with Crippen LogP contribution in [0.5, 0.6) is 0 Å². The van der Waals surface area contributed by atoms with E-state index in [0.29, 0.717) is 5.82 Å². The van der Waals surface area contributed by atoms with Gasteiger partial charge in [-0.15, -0.1) is 11.3 Å². The van der Waals surface area contributed by atoms with E-state index in [2.05, 4.69) is 20.3 Å². The number of piperidine rings is 1. The molecule has 2 aromatic rings. The molecule has 3 heterocycles. The van der Waals surface area contributed by atoms with Crippen LogP contribution in [0.15, 0.2) is 17.6 Å². The molecule has 1 N–H and O–H groups in total. The lowest BCUT2D eigenvalue weighted by molar-refractivity contribution is -0.138. The van der Waals surface area contributed by atoms with Gasteiger partial charge in [-0.25, -0.2) is 15.0 Å². The lowest BCUT2D eigenvalue weighted by Crippen LogP contribution is -2.41. The fourth-order valence-electron chi connectivity index (χ4n) is 3.05. The maximum Gasteiger partial charge on any atom is 0.225 e. The maximum atomic E-state index is 12.6. The molecule has 1 aliphatic rings. The van der Waals surface area contributed by atoms with Crippen molar-refractivity contribution in [1.82, 2.24) is 19.9 Å². The molecule has 1 saturated heterocycles. The van der Waals surface area contributed by atoms with Crippen LogP contribution in [0.2, 0.25) is 0 Å². The first-order valence-corrected chi connectivity index (χ1v) is 9.25. The second-order valence-corrected chi connectivity index (χ2v) is 7.28. The summed E-state index contributed by atoms with van der Waals surface area (Å²) in [6, 6.07) is 1.98. The van der Waals surface area contributed by atoms with Crippen LogP contribution >= 0.6 is 11.3 Å². The predicted octanol–water partition coefficient (Wildman–Crippen LogP) is 3.69. The highest BCUT2D eigenvalue weighted by Gasteiger charge is 2.30. The zero-order valence-corrected chi connectivity index (χ0v) is 15.1. The third-order valence-electron chi connectivity index (χ3n) is 4.15. The minimum Gasteiger partial charge on any atom is -0.334 e. The largest absolute Gasteiger partial charge is 0.334 e. The molecule has 1 aliphatic heterocycles. The Morgan fingerprint density at radius 1 is 1.38 bits per heavy atom. The van der Waals surface area contributed by atoms with Crippen LogP contribution in [0.25, 0.3) is 0 Å².